The zero-order valence-electron chi connectivity index (χ0n) is 12.4. The van der Waals surface area contributed by atoms with E-state index in [1.807, 2.05) is 30.3 Å². The van der Waals surface area contributed by atoms with Crippen LogP contribution in [0.15, 0.2) is 47.0 Å². The standard InChI is InChI=1S/C17H15Cl2N3O/c18-12-5-6-13-16(11-12)23-20-17(13)22-9-7-21(8-10-22)15-4-2-1-3-14(15)19/h1-6,11H,7-10H2. The molecule has 0 saturated carbocycles. The van der Waals surface area contributed by atoms with Crippen molar-refractivity contribution in [3.05, 3.63) is 52.5 Å². The normalized spacial score (nSPS) is 15.4. The molecule has 6 heteroatoms. The van der Waals surface area contributed by atoms with Gasteiger partial charge in [0, 0.05) is 37.3 Å². The summed E-state index contributed by atoms with van der Waals surface area (Å²) in [5.74, 6) is 0.885. The van der Waals surface area contributed by atoms with Crippen LogP contribution >= 0.6 is 23.2 Å². The first-order valence-corrected chi connectivity index (χ1v) is 8.27. The van der Waals surface area contributed by atoms with Crippen molar-refractivity contribution in [2.45, 2.75) is 0 Å². The molecule has 1 fully saturated rings. The minimum absolute atomic E-state index is 0.656. The smallest absolute Gasteiger partial charge is 0.180 e. The predicted molar refractivity (Wildman–Crippen MR) is 94.9 cm³/mol. The number of rotatable bonds is 2. The van der Waals surface area contributed by atoms with E-state index in [1.165, 1.54) is 0 Å². The Bertz CT molecular complexity index is 841. The highest BCUT2D eigenvalue weighted by Gasteiger charge is 2.22. The van der Waals surface area contributed by atoms with Crippen LogP contribution in [-0.2, 0) is 0 Å². The summed E-state index contributed by atoms with van der Waals surface area (Å²) in [6.45, 7) is 3.53. The van der Waals surface area contributed by atoms with Gasteiger partial charge in [-0.1, -0.05) is 40.5 Å². The number of hydrogen-bond acceptors (Lipinski definition) is 4. The Hall–Kier alpha value is -1.91. The van der Waals surface area contributed by atoms with Crippen LogP contribution in [0.5, 0.6) is 0 Å². The second-order valence-electron chi connectivity index (χ2n) is 5.57. The SMILES string of the molecule is Clc1ccc2c(N3CCN(c4ccccc4Cl)CC3)noc2c1. The molecule has 118 valence electrons. The molecule has 1 aromatic heterocycles. The van der Waals surface area contributed by atoms with Crippen LogP contribution in [0.4, 0.5) is 11.5 Å². The molecule has 3 aromatic rings. The quantitative estimate of drug-likeness (QED) is 0.684. The number of para-hydroxylation sites is 1. The molecule has 0 atom stereocenters. The molecule has 1 aliphatic heterocycles. The lowest BCUT2D eigenvalue weighted by Crippen LogP contribution is -2.46. The summed E-state index contributed by atoms with van der Waals surface area (Å²) in [6, 6.07) is 13.6. The Morgan fingerprint density at radius 3 is 2.43 bits per heavy atom. The van der Waals surface area contributed by atoms with E-state index in [9.17, 15) is 0 Å². The summed E-state index contributed by atoms with van der Waals surface area (Å²) in [7, 11) is 0. The highest BCUT2D eigenvalue weighted by atomic mass is 35.5. The third-order valence-corrected chi connectivity index (χ3v) is 4.74. The summed E-state index contributed by atoms with van der Waals surface area (Å²) in [4.78, 5) is 4.55. The fourth-order valence-corrected chi connectivity index (χ4v) is 3.41. The topological polar surface area (TPSA) is 32.5 Å². The van der Waals surface area contributed by atoms with Gasteiger partial charge in [-0.05, 0) is 24.3 Å². The Morgan fingerprint density at radius 2 is 1.65 bits per heavy atom. The van der Waals surface area contributed by atoms with Gasteiger partial charge in [0.2, 0.25) is 0 Å². The molecule has 2 aromatic carbocycles. The minimum atomic E-state index is 0.656. The van der Waals surface area contributed by atoms with Crippen LogP contribution in [0, 0.1) is 0 Å². The molecule has 1 saturated heterocycles. The fourth-order valence-electron chi connectivity index (χ4n) is 2.99. The first kappa shape index (κ1) is 14.7. The van der Waals surface area contributed by atoms with Gasteiger partial charge in [-0.15, -0.1) is 0 Å². The summed E-state index contributed by atoms with van der Waals surface area (Å²) >= 11 is 12.3. The Kier molecular flexibility index (Phi) is 3.79. The molecule has 0 bridgehead atoms. The summed E-state index contributed by atoms with van der Waals surface area (Å²) < 4.78 is 5.40. The van der Waals surface area contributed by atoms with E-state index in [4.69, 9.17) is 27.7 Å². The molecule has 0 N–H and O–H groups in total. The van der Waals surface area contributed by atoms with Crippen LogP contribution in [0.2, 0.25) is 10.0 Å². The molecule has 1 aliphatic rings. The number of anilines is 2. The van der Waals surface area contributed by atoms with E-state index >= 15 is 0 Å². The monoisotopic (exact) mass is 347 g/mol. The second kappa shape index (κ2) is 5.95. The van der Waals surface area contributed by atoms with E-state index in [1.54, 1.807) is 6.07 Å². The van der Waals surface area contributed by atoms with E-state index in [2.05, 4.69) is 21.0 Å². The summed E-state index contributed by atoms with van der Waals surface area (Å²) in [5, 5.41) is 6.67. The van der Waals surface area contributed by atoms with Crippen LogP contribution in [0.25, 0.3) is 11.0 Å². The van der Waals surface area contributed by atoms with E-state index < -0.39 is 0 Å². The lowest BCUT2D eigenvalue weighted by atomic mass is 10.2. The van der Waals surface area contributed by atoms with Crippen LogP contribution in [0.3, 0.4) is 0 Å². The Labute approximate surface area is 144 Å². The van der Waals surface area contributed by atoms with Crippen molar-refractivity contribution in [3.8, 4) is 0 Å². The number of hydrogen-bond donors (Lipinski definition) is 0. The Balaban J connectivity index is 1.54. The molecule has 0 spiro atoms. The van der Waals surface area contributed by atoms with Gasteiger partial charge >= 0.3 is 0 Å². The lowest BCUT2D eigenvalue weighted by molar-refractivity contribution is 0.453. The fraction of sp³-hybridized carbons (Fsp3) is 0.235. The maximum Gasteiger partial charge on any atom is 0.180 e. The minimum Gasteiger partial charge on any atom is -0.367 e. The first-order chi connectivity index (χ1) is 11.2. The molecule has 0 aliphatic carbocycles. The highest BCUT2D eigenvalue weighted by molar-refractivity contribution is 6.33. The zero-order chi connectivity index (χ0) is 15.8. The average molecular weight is 348 g/mol. The third kappa shape index (κ3) is 2.73. The van der Waals surface area contributed by atoms with E-state index in [0.717, 1.165) is 53.7 Å². The van der Waals surface area contributed by atoms with Crippen molar-refractivity contribution in [2.75, 3.05) is 36.0 Å². The average Bonchev–Trinajstić information content (AvgIpc) is 2.98. The number of fused-ring (bicyclic) bond motifs is 1. The number of piperazine rings is 1. The molecule has 0 radical (unpaired) electrons. The molecular weight excluding hydrogens is 333 g/mol. The van der Waals surface area contributed by atoms with Crippen LogP contribution in [-0.4, -0.2) is 31.3 Å². The van der Waals surface area contributed by atoms with Gasteiger partial charge in [0.25, 0.3) is 0 Å². The Morgan fingerprint density at radius 1 is 0.913 bits per heavy atom. The highest BCUT2D eigenvalue weighted by Crippen LogP contribution is 2.31. The van der Waals surface area contributed by atoms with Gasteiger partial charge in [-0.3, -0.25) is 0 Å². The van der Waals surface area contributed by atoms with Crippen molar-refractivity contribution >= 4 is 45.7 Å². The number of halogens is 2. The van der Waals surface area contributed by atoms with Gasteiger partial charge in [-0.25, -0.2) is 0 Å². The first-order valence-electron chi connectivity index (χ1n) is 7.52. The van der Waals surface area contributed by atoms with Gasteiger partial charge in [-0.2, -0.15) is 0 Å². The molecule has 0 amide bonds. The van der Waals surface area contributed by atoms with Crippen molar-refractivity contribution in [1.29, 1.82) is 0 Å². The van der Waals surface area contributed by atoms with Crippen molar-refractivity contribution in [1.82, 2.24) is 5.16 Å². The summed E-state index contributed by atoms with van der Waals surface area (Å²) in [5.41, 5.74) is 1.81. The largest absolute Gasteiger partial charge is 0.367 e. The number of nitrogens with zero attached hydrogens (tertiary/aromatic N) is 3. The van der Waals surface area contributed by atoms with E-state index in [-0.39, 0.29) is 0 Å². The van der Waals surface area contributed by atoms with Crippen molar-refractivity contribution in [2.24, 2.45) is 0 Å². The van der Waals surface area contributed by atoms with Gasteiger partial charge in [0.15, 0.2) is 11.4 Å². The molecular formula is C17H15Cl2N3O. The molecule has 4 nitrogen and oxygen atoms in total. The lowest BCUT2D eigenvalue weighted by Gasteiger charge is -2.36. The van der Waals surface area contributed by atoms with Crippen LogP contribution in [0.1, 0.15) is 0 Å². The second-order valence-corrected chi connectivity index (χ2v) is 6.42. The van der Waals surface area contributed by atoms with Gasteiger partial charge in [0.05, 0.1) is 16.1 Å². The number of aromatic nitrogens is 1. The molecule has 0 unspecified atom stereocenters. The molecule has 23 heavy (non-hydrogen) atoms. The van der Waals surface area contributed by atoms with Gasteiger partial charge < -0.3 is 14.3 Å². The zero-order valence-corrected chi connectivity index (χ0v) is 13.9. The van der Waals surface area contributed by atoms with Crippen molar-refractivity contribution in [3.63, 3.8) is 0 Å². The molecule has 2 heterocycles. The van der Waals surface area contributed by atoms with E-state index in [0.29, 0.717) is 5.02 Å². The maximum atomic E-state index is 6.29. The van der Waals surface area contributed by atoms with Crippen LogP contribution < -0.4 is 9.80 Å². The molecule has 4 rings (SSSR count). The number of benzene rings is 2. The summed E-state index contributed by atoms with van der Waals surface area (Å²) in [6.07, 6.45) is 0. The predicted octanol–water partition coefficient (Wildman–Crippen LogP) is 4.46. The third-order valence-electron chi connectivity index (χ3n) is 4.19. The maximum absolute atomic E-state index is 6.29. The van der Waals surface area contributed by atoms with Crippen molar-refractivity contribution < 1.29 is 4.52 Å². The van der Waals surface area contributed by atoms with Gasteiger partial charge in [0.1, 0.15) is 0 Å².